The van der Waals surface area contributed by atoms with E-state index in [2.05, 4.69) is 4.98 Å². The van der Waals surface area contributed by atoms with Crippen LogP contribution in [0.4, 0.5) is 5.69 Å². The van der Waals surface area contributed by atoms with Gasteiger partial charge in [-0.1, -0.05) is 41.9 Å². The zero-order valence-corrected chi connectivity index (χ0v) is 10.4. The van der Waals surface area contributed by atoms with Gasteiger partial charge in [-0.2, -0.15) is 0 Å². The summed E-state index contributed by atoms with van der Waals surface area (Å²) in [4.78, 5) is 4.43. The fraction of sp³-hybridized carbons (Fsp3) is 0. The minimum atomic E-state index is 0.643. The predicted octanol–water partition coefficient (Wildman–Crippen LogP) is 4.14. The summed E-state index contributed by atoms with van der Waals surface area (Å²) in [6, 6.07) is 15.6. The third-order valence-corrected chi connectivity index (χ3v) is 3.17. The van der Waals surface area contributed by atoms with Crippen LogP contribution in [0, 0.1) is 0 Å². The van der Waals surface area contributed by atoms with Crippen LogP contribution in [0.2, 0.25) is 5.02 Å². The lowest BCUT2D eigenvalue weighted by atomic mass is 10.0. The van der Waals surface area contributed by atoms with Crippen LogP contribution in [0.1, 0.15) is 0 Å². The van der Waals surface area contributed by atoms with E-state index >= 15 is 0 Å². The number of hydrogen-bond donors (Lipinski definition) is 1. The van der Waals surface area contributed by atoms with E-state index in [-0.39, 0.29) is 0 Å². The number of fused-ring (bicyclic) bond motifs is 1. The molecule has 1 aromatic heterocycles. The van der Waals surface area contributed by atoms with E-state index in [0.717, 1.165) is 22.0 Å². The van der Waals surface area contributed by atoms with Gasteiger partial charge in [0.25, 0.3) is 0 Å². The van der Waals surface area contributed by atoms with Gasteiger partial charge in [-0.15, -0.1) is 0 Å². The van der Waals surface area contributed by atoms with Crippen LogP contribution < -0.4 is 5.73 Å². The van der Waals surface area contributed by atoms with Crippen LogP contribution in [-0.4, -0.2) is 4.98 Å². The first kappa shape index (κ1) is 11.1. The summed E-state index contributed by atoms with van der Waals surface area (Å²) < 4.78 is 0. The molecule has 0 fully saturated rings. The topological polar surface area (TPSA) is 38.9 Å². The van der Waals surface area contributed by atoms with Gasteiger partial charge in [-0.3, -0.25) is 4.98 Å². The SMILES string of the molecule is Nc1cc(Cl)ccc1-c1cccc2cccnc12. The Morgan fingerprint density at radius 2 is 1.78 bits per heavy atom. The fourth-order valence-corrected chi connectivity index (χ4v) is 2.28. The number of aromatic nitrogens is 1. The van der Waals surface area contributed by atoms with E-state index < -0.39 is 0 Å². The van der Waals surface area contributed by atoms with Gasteiger partial charge >= 0.3 is 0 Å². The highest BCUT2D eigenvalue weighted by Crippen LogP contribution is 2.32. The lowest BCUT2D eigenvalue weighted by Gasteiger charge is -2.09. The van der Waals surface area contributed by atoms with Crippen molar-refractivity contribution in [1.82, 2.24) is 4.98 Å². The zero-order valence-electron chi connectivity index (χ0n) is 9.60. The number of rotatable bonds is 1. The Hall–Kier alpha value is -2.06. The summed E-state index contributed by atoms with van der Waals surface area (Å²) in [5.74, 6) is 0. The van der Waals surface area contributed by atoms with Crippen LogP contribution in [0.25, 0.3) is 22.0 Å². The van der Waals surface area contributed by atoms with Gasteiger partial charge in [0.2, 0.25) is 0 Å². The summed E-state index contributed by atoms with van der Waals surface area (Å²) in [5.41, 5.74) is 9.64. The van der Waals surface area contributed by atoms with Gasteiger partial charge in [-0.25, -0.2) is 0 Å². The quantitative estimate of drug-likeness (QED) is 0.663. The largest absolute Gasteiger partial charge is 0.398 e. The number of nitrogens with two attached hydrogens (primary N) is 1. The Balaban J connectivity index is 2.31. The number of benzene rings is 2. The molecule has 0 aliphatic carbocycles. The van der Waals surface area contributed by atoms with Crippen LogP contribution >= 0.6 is 11.6 Å². The number of pyridine rings is 1. The van der Waals surface area contributed by atoms with Crippen molar-refractivity contribution in [2.75, 3.05) is 5.73 Å². The van der Waals surface area contributed by atoms with Crippen molar-refractivity contribution in [3.05, 3.63) is 59.8 Å². The van der Waals surface area contributed by atoms with Crippen LogP contribution in [0.15, 0.2) is 54.7 Å². The average molecular weight is 255 g/mol. The molecular formula is C15H11ClN2. The van der Waals surface area contributed by atoms with Crippen LogP contribution in [0.3, 0.4) is 0 Å². The van der Waals surface area contributed by atoms with Gasteiger partial charge in [-0.05, 0) is 18.2 Å². The fourth-order valence-electron chi connectivity index (χ4n) is 2.10. The molecular weight excluding hydrogens is 244 g/mol. The minimum Gasteiger partial charge on any atom is -0.398 e. The van der Waals surface area contributed by atoms with E-state index in [1.165, 1.54) is 0 Å². The van der Waals surface area contributed by atoms with Crippen molar-refractivity contribution in [2.24, 2.45) is 0 Å². The molecule has 1 heterocycles. The first-order valence-corrected chi connectivity index (χ1v) is 6.02. The molecule has 0 saturated carbocycles. The number of para-hydroxylation sites is 1. The Labute approximate surface area is 110 Å². The molecule has 0 amide bonds. The van der Waals surface area contributed by atoms with Crippen molar-refractivity contribution in [2.45, 2.75) is 0 Å². The maximum absolute atomic E-state index is 6.03. The van der Waals surface area contributed by atoms with Gasteiger partial charge in [0, 0.05) is 33.4 Å². The molecule has 3 heteroatoms. The smallest absolute Gasteiger partial charge is 0.0781 e. The Bertz CT molecular complexity index is 717. The van der Waals surface area contributed by atoms with E-state index in [9.17, 15) is 0 Å². The van der Waals surface area contributed by atoms with E-state index in [1.54, 1.807) is 12.3 Å². The molecule has 2 aromatic carbocycles. The molecule has 0 spiro atoms. The highest BCUT2D eigenvalue weighted by Gasteiger charge is 2.07. The second kappa shape index (κ2) is 4.31. The van der Waals surface area contributed by atoms with Crippen molar-refractivity contribution < 1.29 is 0 Å². The lowest BCUT2D eigenvalue weighted by molar-refractivity contribution is 1.41. The molecule has 0 aliphatic rings. The number of halogens is 1. The molecule has 0 aliphatic heterocycles. The van der Waals surface area contributed by atoms with Crippen molar-refractivity contribution >= 4 is 28.2 Å². The highest BCUT2D eigenvalue weighted by atomic mass is 35.5. The zero-order chi connectivity index (χ0) is 12.5. The Morgan fingerprint density at radius 1 is 0.944 bits per heavy atom. The Morgan fingerprint density at radius 3 is 2.61 bits per heavy atom. The lowest BCUT2D eigenvalue weighted by Crippen LogP contribution is -1.91. The molecule has 3 rings (SSSR count). The maximum atomic E-state index is 6.03. The molecule has 88 valence electrons. The van der Waals surface area contributed by atoms with Gasteiger partial charge < -0.3 is 5.73 Å². The molecule has 0 unspecified atom stereocenters. The molecule has 18 heavy (non-hydrogen) atoms. The number of anilines is 1. The van der Waals surface area contributed by atoms with Crippen molar-refractivity contribution in [3.8, 4) is 11.1 Å². The minimum absolute atomic E-state index is 0.643. The van der Waals surface area contributed by atoms with Gasteiger partial charge in [0.05, 0.1) is 5.52 Å². The second-order valence-electron chi connectivity index (χ2n) is 4.11. The molecule has 0 saturated heterocycles. The molecule has 0 atom stereocenters. The summed E-state index contributed by atoms with van der Waals surface area (Å²) in [5, 5.41) is 1.74. The predicted molar refractivity (Wildman–Crippen MR) is 76.6 cm³/mol. The highest BCUT2D eigenvalue weighted by molar-refractivity contribution is 6.31. The second-order valence-corrected chi connectivity index (χ2v) is 4.55. The summed E-state index contributed by atoms with van der Waals surface area (Å²) in [7, 11) is 0. The average Bonchev–Trinajstić information content (AvgIpc) is 2.38. The van der Waals surface area contributed by atoms with Crippen LogP contribution in [0.5, 0.6) is 0 Å². The van der Waals surface area contributed by atoms with Crippen molar-refractivity contribution in [3.63, 3.8) is 0 Å². The van der Waals surface area contributed by atoms with E-state index in [0.29, 0.717) is 10.7 Å². The third-order valence-electron chi connectivity index (χ3n) is 2.94. The van der Waals surface area contributed by atoms with Gasteiger partial charge in [0.15, 0.2) is 0 Å². The summed E-state index contributed by atoms with van der Waals surface area (Å²) in [6.45, 7) is 0. The number of hydrogen-bond acceptors (Lipinski definition) is 2. The van der Waals surface area contributed by atoms with E-state index in [4.69, 9.17) is 17.3 Å². The normalized spacial score (nSPS) is 10.7. The maximum Gasteiger partial charge on any atom is 0.0781 e. The monoisotopic (exact) mass is 254 g/mol. The summed E-state index contributed by atoms with van der Waals surface area (Å²) >= 11 is 5.93. The van der Waals surface area contributed by atoms with Crippen LogP contribution in [-0.2, 0) is 0 Å². The molecule has 0 radical (unpaired) electrons. The first-order chi connectivity index (χ1) is 8.75. The molecule has 3 aromatic rings. The number of nitrogen functional groups attached to an aromatic ring is 1. The van der Waals surface area contributed by atoms with E-state index in [1.807, 2.05) is 42.5 Å². The third kappa shape index (κ3) is 1.81. The standard InChI is InChI=1S/C15H11ClN2/c16-11-6-7-12(14(17)9-11)13-5-1-3-10-4-2-8-18-15(10)13/h1-9H,17H2. The Kier molecular flexibility index (Phi) is 2.65. The first-order valence-electron chi connectivity index (χ1n) is 5.65. The molecule has 0 bridgehead atoms. The summed E-state index contributed by atoms with van der Waals surface area (Å²) in [6.07, 6.45) is 1.79. The van der Waals surface area contributed by atoms with Gasteiger partial charge in [0.1, 0.15) is 0 Å². The van der Waals surface area contributed by atoms with Crippen molar-refractivity contribution in [1.29, 1.82) is 0 Å². The number of nitrogens with zero attached hydrogens (tertiary/aromatic N) is 1. The molecule has 2 N–H and O–H groups in total. The molecule has 2 nitrogen and oxygen atoms in total.